The Kier molecular flexibility index (Phi) is 3.65. The zero-order valence-electron chi connectivity index (χ0n) is 11.4. The fraction of sp³-hybridized carbons (Fsp3) is 0.429. The lowest BCUT2D eigenvalue weighted by atomic mass is 9.96. The van der Waals surface area contributed by atoms with Crippen LogP contribution in [0.5, 0.6) is 0 Å². The van der Waals surface area contributed by atoms with Crippen molar-refractivity contribution in [3.63, 3.8) is 0 Å². The molecule has 1 aromatic rings. The van der Waals surface area contributed by atoms with Gasteiger partial charge in [-0.05, 0) is 50.3 Å². The Bertz CT molecular complexity index is 557. The van der Waals surface area contributed by atoms with E-state index in [1.165, 1.54) is 19.1 Å². The van der Waals surface area contributed by atoms with Crippen molar-refractivity contribution >= 4 is 17.7 Å². The van der Waals surface area contributed by atoms with Crippen LogP contribution in [0.4, 0.5) is 14.9 Å². The molecular weight excluding hydrogens is 263 g/mol. The molecule has 0 bridgehead atoms. The van der Waals surface area contributed by atoms with Gasteiger partial charge >= 0.3 is 12.0 Å². The first-order valence-electron chi connectivity index (χ1n) is 6.41. The Hall–Kier alpha value is -2.11. The van der Waals surface area contributed by atoms with Crippen LogP contribution in [0.25, 0.3) is 0 Å². The van der Waals surface area contributed by atoms with E-state index in [0.717, 1.165) is 12.8 Å². The van der Waals surface area contributed by atoms with Gasteiger partial charge in [0, 0.05) is 5.69 Å². The first-order valence-corrected chi connectivity index (χ1v) is 6.41. The number of amides is 2. The Balaban J connectivity index is 2.08. The Morgan fingerprint density at radius 1 is 1.40 bits per heavy atom. The molecule has 2 amide bonds. The van der Waals surface area contributed by atoms with Crippen LogP contribution < -0.4 is 10.6 Å². The number of halogens is 1. The Morgan fingerprint density at radius 3 is 2.60 bits per heavy atom. The summed E-state index contributed by atoms with van der Waals surface area (Å²) in [4.78, 5) is 23.2. The van der Waals surface area contributed by atoms with Crippen LogP contribution in [0, 0.1) is 18.7 Å². The van der Waals surface area contributed by atoms with Crippen LogP contribution in [0.3, 0.4) is 0 Å². The molecule has 1 aliphatic carbocycles. The van der Waals surface area contributed by atoms with Crippen molar-refractivity contribution in [3.05, 3.63) is 29.6 Å². The lowest BCUT2D eigenvalue weighted by molar-refractivity contribution is -0.144. The highest BCUT2D eigenvalue weighted by Gasteiger charge is 2.48. The zero-order chi connectivity index (χ0) is 14.9. The summed E-state index contributed by atoms with van der Waals surface area (Å²) in [5.41, 5.74) is -0.262. The first kappa shape index (κ1) is 14.3. The van der Waals surface area contributed by atoms with Crippen molar-refractivity contribution in [2.24, 2.45) is 5.92 Å². The van der Waals surface area contributed by atoms with Gasteiger partial charge < -0.3 is 15.7 Å². The maximum atomic E-state index is 13.1. The molecule has 1 fully saturated rings. The number of carboxylic acid groups (broad SMARTS) is 1. The second-order valence-corrected chi connectivity index (χ2v) is 5.32. The SMILES string of the molecule is Cc1ccc(F)cc1NC(=O)NC(C)(C(=O)O)C1CC1. The summed E-state index contributed by atoms with van der Waals surface area (Å²) >= 11 is 0. The van der Waals surface area contributed by atoms with E-state index in [0.29, 0.717) is 11.3 Å². The molecule has 1 aliphatic rings. The minimum atomic E-state index is -1.29. The fourth-order valence-electron chi connectivity index (χ4n) is 2.11. The van der Waals surface area contributed by atoms with Crippen molar-refractivity contribution in [2.75, 3.05) is 5.32 Å². The third kappa shape index (κ3) is 2.89. The molecule has 0 aliphatic heterocycles. The maximum Gasteiger partial charge on any atom is 0.329 e. The lowest BCUT2D eigenvalue weighted by Gasteiger charge is -2.26. The maximum absolute atomic E-state index is 13.1. The summed E-state index contributed by atoms with van der Waals surface area (Å²) in [5, 5.41) is 14.2. The molecule has 0 saturated heterocycles. The largest absolute Gasteiger partial charge is 0.480 e. The number of hydrogen-bond acceptors (Lipinski definition) is 2. The van der Waals surface area contributed by atoms with Crippen LogP contribution >= 0.6 is 0 Å². The number of hydrogen-bond donors (Lipinski definition) is 3. The number of carbonyl (C=O) groups is 2. The molecule has 2 rings (SSSR count). The second kappa shape index (κ2) is 5.11. The predicted molar refractivity (Wildman–Crippen MR) is 72.1 cm³/mol. The van der Waals surface area contributed by atoms with Gasteiger partial charge in [-0.25, -0.2) is 14.0 Å². The molecule has 1 atom stereocenters. The lowest BCUT2D eigenvalue weighted by Crippen LogP contribution is -2.55. The Morgan fingerprint density at radius 2 is 2.05 bits per heavy atom. The van der Waals surface area contributed by atoms with Gasteiger partial charge in [-0.2, -0.15) is 0 Å². The zero-order valence-corrected chi connectivity index (χ0v) is 11.4. The average molecular weight is 280 g/mol. The smallest absolute Gasteiger partial charge is 0.329 e. The van der Waals surface area contributed by atoms with Crippen LogP contribution in [0.2, 0.25) is 0 Å². The van der Waals surface area contributed by atoms with E-state index in [-0.39, 0.29) is 5.92 Å². The van der Waals surface area contributed by atoms with Crippen LogP contribution in [-0.2, 0) is 4.79 Å². The summed E-state index contributed by atoms with van der Waals surface area (Å²) in [7, 11) is 0. The van der Waals surface area contributed by atoms with Crippen molar-refractivity contribution in [2.45, 2.75) is 32.2 Å². The highest BCUT2D eigenvalue weighted by molar-refractivity contribution is 5.94. The normalized spacial score (nSPS) is 17.1. The van der Waals surface area contributed by atoms with Gasteiger partial charge in [-0.1, -0.05) is 6.07 Å². The molecule has 0 radical (unpaired) electrons. The van der Waals surface area contributed by atoms with E-state index in [2.05, 4.69) is 10.6 Å². The van der Waals surface area contributed by atoms with E-state index < -0.39 is 23.4 Å². The summed E-state index contributed by atoms with van der Waals surface area (Å²) in [5.74, 6) is -1.58. The quantitative estimate of drug-likeness (QED) is 0.793. The van der Waals surface area contributed by atoms with E-state index in [4.69, 9.17) is 0 Å². The monoisotopic (exact) mass is 280 g/mol. The Labute approximate surface area is 116 Å². The predicted octanol–water partition coefficient (Wildman–Crippen LogP) is 2.51. The van der Waals surface area contributed by atoms with Gasteiger partial charge in [0.1, 0.15) is 11.4 Å². The molecule has 1 aromatic carbocycles. The second-order valence-electron chi connectivity index (χ2n) is 5.32. The molecule has 20 heavy (non-hydrogen) atoms. The minimum absolute atomic E-state index is 0.0562. The molecule has 1 unspecified atom stereocenters. The highest BCUT2D eigenvalue weighted by atomic mass is 19.1. The van der Waals surface area contributed by atoms with Gasteiger partial charge in [0.15, 0.2) is 0 Å². The van der Waals surface area contributed by atoms with E-state index >= 15 is 0 Å². The number of anilines is 1. The molecule has 0 heterocycles. The number of rotatable bonds is 4. The summed E-state index contributed by atoms with van der Waals surface area (Å²) in [6.45, 7) is 3.22. The molecule has 0 aromatic heterocycles. The number of aliphatic carboxylic acids is 1. The number of carboxylic acids is 1. The van der Waals surface area contributed by atoms with Gasteiger partial charge in [0.05, 0.1) is 0 Å². The van der Waals surface area contributed by atoms with Gasteiger partial charge in [0.2, 0.25) is 0 Å². The number of benzene rings is 1. The number of nitrogens with one attached hydrogen (secondary N) is 2. The highest BCUT2D eigenvalue weighted by Crippen LogP contribution is 2.39. The van der Waals surface area contributed by atoms with Gasteiger partial charge in [-0.15, -0.1) is 0 Å². The van der Waals surface area contributed by atoms with Gasteiger partial charge in [-0.3, -0.25) is 0 Å². The number of carbonyl (C=O) groups excluding carboxylic acids is 1. The topological polar surface area (TPSA) is 78.4 Å². The standard InChI is InChI=1S/C14H17FN2O3/c1-8-3-6-10(15)7-11(8)16-13(20)17-14(2,12(18)19)9-4-5-9/h3,6-7,9H,4-5H2,1-2H3,(H,18,19)(H2,16,17,20). The van der Waals surface area contributed by atoms with Crippen LogP contribution in [-0.4, -0.2) is 22.6 Å². The van der Waals surface area contributed by atoms with Crippen LogP contribution in [0.15, 0.2) is 18.2 Å². The van der Waals surface area contributed by atoms with Crippen molar-refractivity contribution in [1.29, 1.82) is 0 Å². The van der Waals surface area contributed by atoms with Gasteiger partial charge in [0.25, 0.3) is 0 Å². The third-order valence-electron chi connectivity index (χ3n) is 3.66. The summed E-state index contributed by atoms with van der Waals surface area (Å²) in [6.07, 6.45) is 1.56. The number of aryl methyl sites for hydroxylation is 1. The van der Waals surface area contributed by atoms with Crippen molar-refractivity contribution in [1.82, 2.24) is 5.32 Å². The summed E-state index contributed by atoms with van der Waals surface area (Å²) in [6, 6.07) is 3.39. The number of urea groups is 1. The minimum Gasteiger partial charge on any atom is -0.480 e. The fourth-order valence-corrected chi connectivity index (χ4v) is 2.11. The average Bonchev–Trinajstić information content (AvgIpc) is 3.17. The molecule has 3 N–H and O–H groups in total. The van der Waals surface area contributed by atoms with E-state index in [1.807, 2.05) is 0 Å². The van der Waals surface area contributed by atoms with Crippen molar-refractivity contribution in [3.8, 4) is 0 Å². The molecule has 108 valence electrons. The first-order chi connectivity index (χ1) is 9.33. The molecule has 5 nitrogen and oxygen atoms in total. The molecule has 0 spiro atoms. The molecule has 6 heteroatoms. The third-order valence-corrected chi connectivity index (χ3v) is 3.66. The van der Waals surface area contributed by atoms with Crippen LogP contribution in [0.1, 0.15) is 25.3 Å². The molecule has 1 saturated carbocycles. The van der Waals surface area contributed by atoms with Crippen molar-refractivity contribution < 1.29 is 19.1 Å². The molecular formula is C14H17FN2O3. The van der Waals surface area contributed by atoms with E-state index in [1.54, 1.807) is 13.0 Å². The summed E-state index contributed by atoms with van der Waals surface area (Å²) < 4.78 is 13.1. The van der Waals surface area contributed by atoms with E-state index in [9.17, 15) is 19.1 Å².